The quantitative estimate of drug-likeness (QED) is 0.857. The lowest BCUT2D eigenvalue weighted by atomic mass is 10.2. The number of hydrogen-bond donors (Lipinski definition) is 2. The maximum Gasteiger partial charge on any atom is 0.261 e. The molecule has 0 atom stereocenters. The summed E-state index contributed by atoms with van der Waals surface area (Å²) in [5, 5.41) is 3.21. The van der Waals surface area contributed by atoms with Crippen molar-refractivity contribution < 1.29 is 8.42 Å². The summed E-state index contributed by atoms with van der Waals surface area (Å²) in [5.41, 5.74) is 2.57. The largest absolute Gasteiger partial charge is 0.385 e. The highest BCUT2D eigenvalue weighted by Crippen LogP contribution is 2.18. The Labute approximate surface area is 126 Å². The number of aryl methyl sites for hydroxylation is 1. The zero-order valence-electron chi connectivity index (χ0n) is 12.3. The number of sulfonamides is 1. The van der Waals surface area contributed by atoms with Crippen LogP contribution >= 0.6 is 0 Å². The molecule has 0 heterocycles. The molecule has 0 saturated heterocycles. The number of nitrogens with one attached hydrogen (secondary N) is 2. The summed E-state index contributed by atoms with van der Waals surface area (Å²) in [7, 11) is -3.54. The second-order valence-electron chi connectivity index (χ2n) is 4.92. The Morgan fingerprint density at radius 1 is 0.905 bits per heavy atom. The first kappa shape index (κ1) is 15.4. The van der Waals surface area contributed by atoms with E-state index in [4.69, 9.17) is 0 Å². The second-order valence-corrected chi connectivity index (χ2v) is 6.61. The van der Waals surface area contributed by atoms with Gasteiger partial charge in [0.05, 0.1) is 4.90 Å². The van der Waals surface area contributed by atoms with Crippen molar-refractivity contribution in [2.75, 3.05) is 16.6 Å². The molecule has 112 valence electrons. The fourth-order valence-corrected chi connectivity index (χ4v) is 2.92. The van der Waals surface area contributed by atoms with Crippen LogP contribution in [0.1, 0.15) is 18.9 Å². The normalized spacial score (nSPS) is 11.1. The smallest absolute Gasteiger partial charge is 0.261 e. The van der Waals surface area contributed by atoms with Crippen molar-refractivity contribution in [2.24, 2.45) is 0 Å². The van der Waals surface area contributed by atoms with E-state index in [1.165, 1.54) is 0 Å². The highest BCUT2D eigenvalue weighted by molar-refractivity contribution is 7.92. The first-order chi connectivity index (χ1) is 10.0. The van der Waals surface area contributed by atoms with Crippen molar-refractivity contribution >= 4 is 21.4 Å². The van der Waals surface area contributed by atoms with Crippen LogP contribution in [-0.4, -0.2) is 15.0 Å². The predicted molar refractivity (Wildman–Crippen MR) is 87.2 cm³/mol. The molecule has 0 amide bonds. The minimum Gasteiger partial charge on any atom is -0.385 e. The fraction of sp³-hybridized carbons (Fsp3) is 0.250. The molecule has 2 N–H and O–H groups in total. The van der Waals surface area contributed by atoms with E-state index in [-0.39, 0.29) is 4.90 Å². The molecule has 0 aliphatic rings. The average molecular weight is 304 g/mol. The molecular weight excluding hydrogens is 284 g/mol. The molecule has 0 bridgehead atoms. The summed E-state index contributed by atoms with van der Waals surface area (Å²) >= 11 is 0. The van der Waals surface area contributed by atoms with Gasteiger partial charge in [-0.1, -0.05) is 24.6 Å². The van der Waals surface area contributed by atoms with Gasteiger partial charge in [0, 0.05) is 17.9 Å². The fourth-order valence-electron chi connectivity index (χ4n) is 1.86. The van der Waals surface area contributed by atoms with Crippen LogP contribution in [0, 0.1) is 6.92 Å². The topological polar surface area (TPSA) is 58.2 Å². The molecule has 2 aromatic rings. The maximum absolute atomic E-state index is 12.3. The van der Waals surface area contributed by atoms with Gasteiger partial charge in [-0.2, -0.15) is 0 Å². The molecule has 21 heavy (non-hydrogen) atoms. The molecule has 0 aromatic heterocycles. The van der Waals surface area contributed by atoms with E-state index in [0.717, 1.165) is 24.2 Å². The molecular formula is C16H20N2O2S. The van der Waals surface area contributed by atoms with Crippen molar-refractivity contribution in [1.82, 2.24) is 0 Å². The van der Waals surface area contributed by atoms with Gasteiger partial charge >= 0.3 is 0 Å². The van der Waals surface area contributed by atoms with Gasteiger partial charge in [0.2, 0.25) is 0 Å². The number of hydrogen-bond acceptors (Lipinski definition) is 3. The summed E-state index contributed by atoms with van der Waals surface area (Å²) in [6.07, 6.45) is 1.02. The highest BCUT2D eigenvalue weighted by atomic mass is 32.2. The van der Waals surface area contributed by atoms with Crippen molar-refractivity contribution in [3.05, 3.63) is 54.1 Å². The monoisotopic (exact) mass is 304 g/mol. The van der Waals surface area contributed by atoms with Crippen LogP contribution in [0.5, 0.6) is 0 Å². The third-order valence-electron chi connectivity index (χ3n) is 3.05. The van der Waals surface area contributed by atoms with Gasteiger partial charge in [-0.05, 0) is 49.7 Å². The Hall–Kier alpha value is -2.01. The SMILES string of the molecule is CCCNc1ccc(S(=O)(=O)Nc2ccc(C)cc2)cc1. The average Bonchev–Trinajstić information content (AvgIpc) is 2.48. The Morgan fingerprint density at radius 3 is 2.05 bits per heavy atom. The molecule has 4 nitrogen and oxygen atoms in total. The van der Waals surface area contributed by atoms with E-state index >= 15 is 0 Å². The molecule has 2 aromatic carbocycles. The lowest BCUT2D eigenvalue weighted by Crippen LogP contribution is -2.13. The zero-order valence-corrected chi connectivity index (χ0v) is 13.1. The van der Waals surface area contributed by atoms with Gasteiger partial charge in [0.15, 0.2) is 0 Å². The van der Waals surface area contributed by atoms with Crippen LogP contribution < -0.4 is 10.0 Å². The first-order valence-electron chi connectivity index (χ1n) is 6.94. The Morgan fingerprint density at radius 2 is 1.48 bits per heavy atom. The van der Waals surface area contributed by atoms with Crippen molar-refractivity contribution in [3.63, 3.8) is 0 Å². The molecule has 0 spiro atoms. The van der Waals surface area contributed by atoms with Crippen LogP contribution in [-0.2, 0) is 10.0 Å². The molecule has 0 radical (unpaired) electrons. The zero-order chi connectivity index (χ0) is 15.3. The van der Waals surface area contributed by atoms with Crippen molar-refractivity contribution in [3.8, 4) is 0 Å². The van der Waals surface area contributed by atoms with Crippen LogP contribution in [0.4, 0.5) is 11.4 Å². The van der Waals surface area contributed by atoms with E-state index in [0.29, 0.717) is 5.69 Å². The number of rotatable bonds is 6. The summed E-state index contributed by atoms with van der Waals surface area (Å²) in [4.78, 5) is 0.255. The minimum atomic E-state index is -3.54. The highest BCUT2D eigenvalue weighted by Gasteiger charge is 2.13. The lowest BCUT2D eigenvalue weighted by Gasteiger charge is -2.10. The minimum absolute atomic E-state index is 0.255. The standard InChI is InChI=1S/C16H20N2O2S/c1-3-12-17-14-8-10-16(11-9-14)21(19,20)18-15-6-4-13(2)5-7-15/h4-11,17-18H,3,12H2,1-2H3. The predicted octanol–water partition coefficient (Wildman–Crippen LogP) is 3.62. The van der Waals surface area contributed by atoms with Crippen LogP contribution in [0.3, 0.4) is 0 Å². The van der Waals surface area contributed by atoms with E-state index in [9.17, 15) is 8.42 Å². The van der Waals surface area contributed by atoms with Crippen LogP contribution in [0.25, 0.3) is 0 Å². The van der Waals surface area contributed by atoms with Crippen molar-refractivity contribution in [1.29, 1.82) is 0 Å². The maximum atomic E-state index is 12.3. The third kappa shape index (κ3) is 4.23. The Kier molecular flexibility index (Phi) is 4.85. The molecule has 0 fully saturated rings. The lowest BCUT2D eigenvalue weighted by molar-refractivity contribution is 0.601. The first-order valence-corrected chi connectivity index (χ1v) is 8.43. The van der Waals surface area contributed by atoms with Crippen LogP contribution in [0.2, 0.25) is 0 Å². The number of anilines is 2. The molecule has 5 heteroatoms. The van der Waals surface area contributed by atoms with E-state index in [2.05, 4.69) is 17.0 Å². The summed E-state index contributed by atoms with van der Waals surface area (Å²) in [6, 6.07) is 14.0. The van der Waals surface area contributed by atoms with E-state index in [1.807, 2.05) is 19.1 Å². The Balaban J connectivity index is 2.13. The summed E-state index contributed by atoms with van der Waals surface area (Å²) in [6.45, 7) is 4.91. The summed E-state index contributed by atoms with van der Waals surface area (Å²) in [5.74, 6) is 0. The van der Waals surface area contributed by atoms with Crippen molar-refractivity contribution in [2.45, 2.75) is 25.2 Å². The van der Waals surface area contributed by atoms with E-state index < -0.39 is 10.0 Å². The van der Waals surface area contributed by atoms with E-state index in [1.54, 1.807) is 36.4 Å². The van der Waals surface area contributed by atoms with Gasteiger partial charge in [-0.25, -0.2) is 8.42 Å². The van der Waals surface area contributed by atoms with Gasteiger partial charge in [-0.3, -0.25) is 4.72 Å². The third-order valence-corrected chi connectivity index (χ3v) is 4.44. The van der Waals surface area contributed by atoms with Gasteiger partial charge < -0.3 is 5.32 Å². The molecule has 0 unspecified atom stereocenters. The van der Waals surface area contributed by atoms with Gasteiger partial charge in [0.1, 0.15) is 0 Å². The molecule has 0 aliphatic carbocycles. The van der Waals surface area contributed by atoms with Gasteiger partial charge in [0.25, 0.3) is 10.0 Å². The molecule has 2 rings (SSSR count). The molecule has 0 saturated carbocycles. The number of benzene rings is 2. The molecule has 0 aliphatic heterocycles. The van der Waals surface area contributed by atoms with Gasteiger partial charge in [-0.15, -0.1) is 0 Å². The van der Waals surface area contributed by atoms with Crippen LogP contribution in [0.15, 0.2) is 53.4 Å². The Bertz CT molecular complexity index is 677. The second kappa shape index (κ2) is 6.63. The summed E-state index contributed by atoms with van der Waals surface area (Å²) < 4.78 is 27.1.